The molecule has 0 radical (unpaired) electrons. The number of piperidine rings is 1. The zero-order valence-electron chi connectivity index (χ0n) is 13.6. The van der Waals surface area contributed by atoms with Gasteiger partial charge in [0.05, 0.1) is 0 Å². The zero-order chi connectivity index (χ0) is 14.7. The van der Waals surface area contributed by atoms with Crippen molar-refractivity contribution in [3.8, 4) is 0 Å². The van der Waals surface area contributed by atoms with E-state index < -0.39 is 0 Å². The Morgan fingerprint density at radius 3 is 2.52 bits per heavy atom. The first kappa shape index (κ1) is 15.3. The molecule has 5 unspecified atom stereocenters. The second-order valence-electron chi connectivity index (χ2n) is 7.67. The summed E-state index contributed by atoms with van der Waals surface area (Å²) >= 11 is 0. The smallest absolute Gasteiger partial charge is 0.223 e. The van der Waals surface area contributed by atoms with Crippen LogP contribution >= 0.6 is 0 Å². The lowest BCUT2D eigenvalue weighted by Gasteiger charge is -2.39. The Labute approximate surface area is 129 Å². The molecule has 3 aliphatic rings. The molecule has 0 aromatic carbocycles. The van der Waals surface area contributed by atoms with E-state index in [1.54, 1.807) is 0 Å². The third kappa shape index (κ3) is 3.80. The fraction of sp³-hybridized carbons (Fsp3) is 0.944. The first-order valence-corrected chi connectivity index (χ1v) is 9.28. The molecule has 21 heavy (non-hydrogen) atoms. The summed E-state index contributed by atoms with van der Waals surface area (Å²) in [5, 5.41) is 6.87. The number of fused-ring (bicyclic) bond motifs is 1. The average molecular weight is 292 g/mol. The van der Waals surface area contributed by atoms with E-state index in [9.17, 15) is 4.79 Å². The van der Waals surface area contributed by atoms with E-state index in [2.05, 4.69) is 17.6 Å². The molecule has 2 saturated carbocycles. The van der Waals surface area contributed by atoms with Gasteiger partial charge in [-0.25, -0.2) is 0 Å². The molecule has 1 amide bonds. The highest BCUT2D eigenvalue weighted by atomic mass is 16.1. The molecule has 3 rings (SSSR count). The molecule has 2 N–H and O–H groups in total. The van der Waals surface area contributed by atoms with Gasteiger partial charge in [0.1, 0.15) is 0 Å². The minimum atomic E-state index is 0.280. The van der Waals surface area contributed by atoms with E-state index in [4.69, 9.17) is 0 Å². The van der Waals surface area contributed by atoms with Crippen molar-refractivity contribution in [2.24, 2.45) is 17.8 Å². The molecule has 0 aromatic rings. The van der Waals surface area contributed by atoms with Crippen LogP contribution in [0.1, 0.15) is 71.1 Å². The SMILES string of the molecule is CC(NC(=O)C1CCC2CCCCC2C1)C1CCCCN1. The van der Waals surface area contributed by atoms with Crippen LogP contribution in [0.5, 0.6) is 0 Å². The highest BCUT2D eigenvalue weighted by Crippen LogP contribution is 2.42. The van der Waals surface area contributed by atoms with E-state index in [0.29, 0.717) is 11.9 Å². The number of carbonyl (C=O) groups is 1. The Hall–Kier alpha value is -0.570. The fourth-order valence-electron chi connectivity index (χ4n) is 4.86. The molecule has 3 nitrogen and oxygen atoms in total. The molecule has 0 aromatic heterocycles. The van der Waals surface area contributed by atoms with E-state index in [1.165, 1.54) is 51.4 Å². The summed E-state index contributed by atoms with van der Waals surface area (Å²) in [6.07, 6.45) is 12.9. The van der Waals surface area contributed by atoms with Crippen LogP contribution in [0.3, 0.4) is 0 Å². The molecule has 1 saturated heterocycles. The summed E-state index contributed by atoms with van der Waals surface area (Å²) in [6, 6.07) is 0.760. The number of rotatable bonds is 3. The molecule has 3 heteroatoms. The average Bonchev–Trinajstić information content (AvgIpc) is 2.55. The van der Waals surface area contributed by atoms with Crippen LogP contribution in [0, 0.1) is 17.8 Å². The van der Waals surface area contributed by atoms with Crippen LogP contribution in [0.15, 0.2) is 0 Å². The predicted molar refractivity (Wildman–Crippen MR) is 86.0 cm³/mol. The summed E-state index contributed by atoms with van der Waals surface area (Å²) in [5.74, 6) is 2.39. The molecular weight excluding hydrogens is 260 g/mol. The Kier molecular flexibility index (Phi) is 5.20. The van der Waals surface area contributed by atoms with Crippen molar-refractivity contribution in [2.45, 2.75) is 83.2 Å². The summed E-state index contributed by atoms with van der Waals surface area (Å²) in [5.41, 5.74) is 0. The number of nitrogens with one attached hydrogen (secondary N) is 2. The number of hydrogen-bond donors (Lipinski definition) is 2. The van der Waals surface area contributed by atoms with Crippen LogP contribution in [-0.4, -0.2) is 24.5 Å². The maximum atomic E-state index is 12.6. The van der Waals surface area contributed by atoms with Gasteiger partial charge in [-0.1, -0.05) is 32.1 Å². The van der Waals surface area contributed by atoms with Gasteiger partial charge in [0.25, 0.3) is 0 Å². The second kappa shape index (κ2) is 7.13. The van der Waals surface area contributed by atoms with Crippen molar-refractivity contribution in [1.29, 1.82) is 0 Å². The lowest BCUT2D eigenvalue weighted by Crippen LogP contribution is -2.51. The van der Waals surface area contributed by atoms with E-state index in [-0.39, 0.29) is 12.0 Å². The lowest BCUT2D eigenvalue weighted by molar-refractivity contribution is -0.128. The van der Waals surface area contributed by atoms with Crippen molar-refractivity contribution in [2.75, 3.05) is 6.54 Å². The van der Waals surface area contributed by atoms with Crippen molar-refractivity contribution in [1.82, 2.24) is 10.6 Å². The molecule has 0 spiro atoms. The van der Waals surface area contributed by atoms with Gasteiger partial charge in [-0.3, -0.25) is 4.79 Å². The van der Waals surface area contributed by atoms with E-state index in [0.717, 1.165) is 31.2 Å². The molecule has 5 atom stereocenters. The first-order chi connectivity index (χ1) is 10.2. The third-order valence-corrected chi connectivity index (χ3v) is 6.23. The Morgan fingerprint density at radius 2 is 1.76 bits per heavy atom. The highest BCUT2D eigenvalue weighted by molar-refractivity contribution is 5.79. The van der Waals surface area contributed by atoms with Crippen LogP contribution < -0.4 is 10.6 Å². The lowest BCUT2D eigenvalue weighted by atomic mass is 9.67. The maximum absolute atomic E-state index is 12.6. The van der Waals surface area contributed by atoms with E-state index in [1.807, 2.05) is 0 Å². The van der Waals surface area contributed by atoms with Crippen LogP contribution in [0.4, 0.5) is 0 Å². The summed E-state index contributed by atoms with van der Waals surface area (Å²) in [7, 11) is 0. The molecule has 3 fully saturated rings. The fourth-order valence-corrected chi connectivity index (χ4v) is 4.86. The monoisotopic (exact) mass is 292 g/mol. The van der Waals surface area contributed by atoms with Crippen molar-refractivity contribution in [3.05, 3.63) is 0 Å². The van der Waals surface area contributed by atoms with Gasteiger partial charge in [0.2, 0.25) is 5.91 Å². The molecule has 1 heterocycles. The van der Waals surface area contributed by atoms with Gasteiger partial charge in [-0.2, -0.15) is 0 Å². The quantitative estimate of drug-likeness (QED) is 0.838. The Bertz CT molecular complexity index is 351. The normalized spacial score (nSPS) is 38.3. The number of amides is 1. The summed E-state index contributed by atoms with van der Waals surface area (Å²) in [4.78, 5) is 12.6. The largest absolute Gasteiger partial charge is 0.352 e. The second-order valence-corrected chi connectivity index (χ2v) is 7.67. The maximum Gasteiger partial charge on any atom is 0.223 e. The summed E-state index contributed by atoms with van der Waals surface area (Å²) in [6.45, 7) is 3.28. The number of carbonyl (C=O) groups excluding carboxylic acids is 1. The van der Waals surface area contributed by atoms with Crippen LogP contribution in [0.25, 0.3) is 0 Å². The minimum absolute atomic E-state index is 0.280. The summed E-state index contributed by atoms with van der Waals surface area (Å²) < 4.78 is 0. The topological polar surface area (TPSA) is 41.1 Å². The van der Waals surface area contributed by atoms with Gasteiger partial charge < -0.3 is 10.6 Å². The van der Waals surface area contributed by atoms with Crippen LogP contribution in [0.2, 0.25) is 0 Å². The predicted octanol–water partition coefficient (Wildman–Crippen LogP) is 3.24. The molecule has 1 aliphatic heterocycles. The van der Waals surface area contributed by atoms with Crippen molar-refractivity contribution >= 4 is 5.91 Å². The molecule has 0 bridgehead atoms. The van der Waals surface area contributed by atoms with Gasteiger partial charge in [-0.15, -0.1) is 0 Å². The third-order valence-electron chi connectivity index (χ3n) is 6.23. The number of hydrogen-bond acceptors (Lipinski definition) is 2. The van der Waals surface area contributed by atoms with Gasteiger partial charge >= 0.3 is 0 Å². The standard InChI is InChI=1S/C18H32N2O/c1-13(17-8-4-5-11-19-17)20-18(21)16-10-9-14-6-2-3-7-15(14)12-16/h13-17,19H,2-12H2,1H3,(H,20,21). The van der Waals surface area contributed by atoms with Gasteiger partial charge in [0.15, 0.2) is 0 Å². The van der Waals surface area contributed by atoms with Crippen molar-refractivity contribution < 1.29 is 4.79 Å². The molecule has 2 aliphatic carbocycles. The molecular formula is C18H32N2O. The highest BCUT2D eigenvalue weighted by Gasteiger charge is 2.35. The van der Waals surface area contributed by atoms with Crippen molar-refractivity contribution in [3.63, 3.8) is 0 Å². The zero-order valence-corrected chi connectivity index (χ0v) is 13.6. The minimum Gasteiger partial charge on any atom is -0.352 e. The Balaban J connectivity index is 1.48. The van der Waals surface area contributed by atoms with Gasteiger partial charge in [0, 0.05) is 18.0 Å². The Morgan fingerprint density at radius 1 is 1.00 bits per heavy atom. The molecule has 120 valence electrons. The van der Waals surface area contributed by atoms with E-state index >= 15 is 0 Å². The van der Waals surface area contributed by atoms with Gasteiger partial charge in [-0.05, 0) is 57.4 Å². The first-order valence-electron chi connectivity index (χ1n) is 9.28. The van der Waals surface area contributed by atoms with Crippen LogP contribution in [-0.2, 0) is 4.79 Å².